The Bertz CT molecular complexity index is 1670. The van der Waals surface area contributed by atoms with Gasteiger partial charge in [0.05, 0.1) is 37.0 Å². The van der Waals surface area contributed by atoms with Crippen molar-refractivity contribution in [1.29, 1.82) is 0 Å². The summed E-state index contributed by atoms with van der Waals surface area (Å²) in [7, 11) is 0. The van der Waals surface area contributed by atoms with Gasteiger partial charge in [-0.15, -0.1) is 11.8 Å². The molecule has 5 rings (SSSR count). The molecule has 0 fully saturated rings. The highest BCUT2D eigenvalue weighted by Gasteiger charge is 2.29. The summed E-state index contributed by atoms with van der Waals surface area (Å²) in [5.74, 6) is -2.03. The summed E-state index contributed by atoms with van der Waals surface area (Å²) < 4.78 is 0. The number of carbonyl (C=O) groups excluding carboxylic acids is 2. The predicted molar refractivity (Wildman–Crippen MR) is 158 cm³/mol. The predicted octanol–water partition coefficient (Wildman–Crippen LogP) is 8.80. The maximum atomic E-state index is 12.9. The number of hydrogen-bond donors (Lipinski definition) is 2. The fraction of sp³-hybridized carbons (Fsp3) is 0.0690. The molecular formula is C29H17Cl4NO4S. The number of carboxylic acids is 1. The minimum atomic E-state index is -1.48. The van der Waals surface area contributed by atoms with Crippen LogP contribution in [0.5, 0.6) is 0 Å². The molecule has 196 valence electrons. The molecular weight excluding hydrogens is 600 g/mol. The van der Waals surface area contributed by atoms with Crippen LogP contribution in [-0.4, -0.2) is 28.5 Å². The lowest BCUT2D eigenvalue weighted by atomic mass is 10.0. The minimum absolute atomic E-state index is 0.0171. The van der Waals surface area contributed by atoms with E-state index in [0.717, 1.165) is 16.9 Å². The van der Waals surface area contributed by atoms with E-state index in [9.17, 15) is 19.5 Å². The number of aromatic carboxylic acids is 1. The molecule has 39 heavy (non-hydrogen) atoms. The summed E-state index contributed by atoms with van der Waals surface area (Å²) in [6, 6.07) is 20.9. The Kier molecular flexibility index (Phi) is 7.94. The van der Waals surface area contributed by atoms with Gasteiger partial charge in [-0.2, -0.15) is 0 Å². The Morgan fingerprint density at radius 1 is 0.769 bits per heavy atom. The lowest BCUT2D eigenvalue weighted by Crippen LogP contribution is -2.18. The molecule has 0 heterocycles. The number of benzene rings is 4. The van der Waals surface area contributed by atoms with E-state index >= 15 is 0 Å². The van der Waals surface area contributed by atoms with E-state index < -0.39 is 23.0 Å². The van der Waals surface area contributed by atoms with E-state index in [1.807, 2.05) is 30.3 Å². The highest BCUT2D eigenvalue weighted by atomic mass is 35.5. The number of anilines is 1. The number of carboxylic acid groups (broad SMARTS) is 1. The summed E-state index contributed by atoms with van der Waals surface area (Å²) in [4.78, 5) is 38.4. The normalized spacial score (nSPS) is 11.6. The first-order valence-corrected chi connectivity index (χ1v) is 14.0. The van der Waals surface area contributed by atoms with Crippen LogP contribution in [0.15, 0.2) is 71.6 Å². The summed E-state index contributed by atoms with van der Waals surface area (Å²) >= 11 is 25.5. The molecule has 1 amide bonds. The fourth-order valence-corrected chi connectivity index (χ4v) is 6.24. The molecule has 0 atom stereocenters. The quantitative estimate of drug-likeness (QED) is 0.0826. The second-order valence-corrected chi connectivity index (χ2v) is 11.3. The monoisotopic (exact) mass is 615 g/mol. The molecule has 0 bridgehead atoms. The van der Waals surface area contributed by atoms with Crippen molar-refractivity contribution in [2.45, 2.75) is 11.3 Å². The van der Waals surface area contributed by atoms with Crippen LogP contribution in [0.1, 0.15) is 42.2 Å². The number of fused-ring (bicyclic) bond motifs is 3. The second-order valence-electron chi connectivity index (χ2n) is 8.71. The number of amides is 1. The summed E-state index contributed by atoms with van der Waals surface area (Å²) in [5.41, 5.74) is 4.92. The molecule has 4 aromatic rings. The van der Waals surface area contributed by atoms with E-state index in [2.05, 4.69) is 17.4 Å². The van der Waals surface area contributed by atoms with E-state index in [-0.39, 0.29) is 31.6 Å². The number of Topliss-reactive ketones (excluding diaryl/α,β-unsaturated/α-hetero) is 1. The molecule has 10 heteroatoms. The SMILES string of the molecule is O=C(CSc1ccc(NC(=O)c2c(Cl)c(Cl)c(Cl)c(Cl)c2C(=O)O)cc1)c1ccc2c(c1)Cc1ccccc1-2. The molecule has 1 aliphatic carbocycles. The Balaban J connectivity index is 1.25. The first-order valence-electron chi connectivity index (χ1n) is 11.5. The van der Waals surface area contributed by atoms with Gasteiger partial charge in [0.1, 0.15) is 0 Å². The summed E-state index contributed by atoms with van der Waals surface area (Å²) in [6.45, 7) is 0. The highest BCUT2D eigenvalue weighted by molar-refractivity contribution is 8.00. The molecule has 5 nitrogen and oxygen atoms in total. The number of hydrogen-bond acceptors (Lipinski definition) is 4. The van der Waals surface area contributed by atoms with Crippen LogP contribution in [0.3, 0.4) is 0 Å². The zero-order valence-corrected chi connectivity index (χ0v) is 23.7. The average molecular weight is 617 g/mol. The van der Waals surface area contributed by atoms with Crippen LogP contribution >= 0.6 is 58.2 Å². The van der Waals surface area contributed by atoms with Crippen molar-refractivity contribution in [2.75, 3.05) is 11.1 Å². The van der Waals surface area contributed by atoms with E-state index in [4.69, 9.17) is 46.4 Å². The average Bonchev–Trinajstić information content (AvgIpc) is 3.30. The van der Waals surface area contributed by atoms with Crippen molar-refractivity contribution >= 4 is 81.5 Å². The lowest BCUT2D eigenvalue weighted by molar-refractivity contribution is 0.0692. The van der Waals surface area contributed by atoms with Gasteiger partial charge < -0.3 is 10.4 Å². The molecule has 0 radical (unpaired) electrons. The van der Waals surface area contributed by atoms with Gasteiger partial charge in [-0.3, -0.25) is 9.59 Å². The molecule has 0 saturated heterocycles. The summed E-state index contributed by atoms with van der Waals surface area (Å²) in [6.07, 6.45) is 0.820. The van der Waals surface area contributed by atoms with Crippen molar-refractivity contribution in [1.82, 2.24) is 0 Å². The van der Waals surface area contributed by atoms with Crippen molar-refractivity contribution in [3.63, 3.8) is 0 Å². The van der Waals surface area contributed by atoms with Crippen molar-refractivity contribution in [3.05, 3.63) is 115 Å². The zero-order valence-electron chi connectivity index (χ0n) is 19.9. The second kappa shape index (κ2) is 11.2. The summed E-state index contributed by atoms with van der Waals surface area (Å²) in [5, 5.41) is 11.0. The number of carbonyl (C=O) groups is 3. The third kappa shape index (κ3) is 5.40. The molecule has 0 unspecified atom stereocenters. The third-order valence-corrected chi connectivity index (χ3v) is 9.12. The number of halogens is 4. The number of rotatable bonds is 7. The third-order valence-electron chi connectivity index (χ3n) is 6.31. The number of thioether (sulfide) groups is 1. The van der Waals surface area contributed by atoms with Gasteiger partial charge in [0.2, 0.25) is 0 Å². The smallest absolute Gasteiger partial charge is 0.338 e. The topological polar surface area (TPSA) is 83.5 Å². The Morgan fingerprint density at radius 2 is 1.41 bits per heavy atom. The maximum absolute atomic E-state index is 12.9. The van der Waals surface area contributed by atoms with Crippen LogP contribution in [0.25, 0.3) is 11.1 Å². The first-order chi connectivity index (χ1) is 18.7. The van der Waals surface area contributed by atoms with Gasteiger partial charge in [0, 0.05) is 16.1 Å². The van der Waals surface area contributed by atoms with Gasteiger partial charge in [0.25, 0.3) is 5.91 Å². The molecule has 1 aliphatic rings. The van der Waals surface area contributed by atoms with Crippen molar-refractivity contribution in [3.8, 4) is 11.1 Å². The van der Waals surface area contributed by atoms with Crippen molar-refractivity contribution in [2.24, 2.45) is 0 Å². The lowest BCUT2D eigenvalue weighted by Gasteiger charge is -2.14. The van der Waals surface area contributed by atoms with Crippen LogP contribution in [-0.2, 0) is 6.42 Å². The molecule has 0 saturated carbocycles. The first kappa shape index (κ1) is 27.6. The van der Waals surface area contributed by atoms with E-state index in [1.54, 1.807) is 24.3 Å². The Hall–Kier alpha value is -3.00. The van der Waals surface area contributed by atoms with Gasteiger partial charge >= 0.3 is 5.97 Å². The number of ketones is 1. The van der Waals surface area contributed by atoms with Crippen molar-refractivity contribution < 1.29 is 19.5 Å². The van der Waals surface area contributed by atoms with Gasteiger partial charge in [-0.25, -0.2) is 4.79 Å². The standard InChI is InChI=1S/C29H17Cl4NO4S/c30-24-22(23(29(37)38)25(31)27(33)26(24)32)28(36)34-17-6-8-18(9-7-17)39-13-21(35)15-5-10-20-16(12-15)11-14-3-1-2-4-19(14)20/h1-10,12H,11,13H2,(H,34,36)(H,37,38). The fourth-order valence-electron chi connectivity index (χ4n) is 4.42. The molecule has 0 aromatic heterocycles. The van der Waals surface area contributed by atoms with Crippen LogP contribution < -0.4 is 5.32 Å². The maximum Gasteiger partial charge on any atom is 0.338 e. The van der Waals surface area contributed by atoms with Crippen LogP contribution in [0.2, 0.25) is 20.1 Å². The largest absolute Gasteiger partial charge is 0.478 e. The van der Waals surface area contributed by atoms with Gasteiger partial charge in [-0.05, 0) is 59.0 Å². The molecule has 0 spiro atoms. The molecule has 4 aromatic carbocycles. The van der Waals surface area contributed by atoms with E-state index in [0.29, 0.717) is 11.3 Å². The Morgan fingerprint density at radius 3 is 2.10 bits per heavy atom. The molecule has 0 aliphatic heterocycles. The van der Waals surface area contributed by atoms with Crippen LogP contribution in [0, 0.1) is 0 Å². The number of nitrogens with one attached hydrogen (secondary N) is 1. The van der Waals surface area contributed by atoms with Crippen LogP contribution in [0.4, 0.5) is 5.69 Å². The minimum Gasteiger partial charge on any atom is -0.478 e. The van der Waals surface area contributed by atoms with Gasteiger partial charge in [0.15, 0.2) is 5.78 Å². The Labute approximate surface area is 248 Å². The zero-order chi connectivity index (χ0) is 27.8. The molecule has 2 N–H and O–H groups in total. The van der Waals surface area contributed by atoms with Gasteiger partial charge in [-0.1, -0.05) is 82.8 Å². The highest BCUT2D eigenvalue weighted by Crippen LogP contribution is 2.42. The van der Waals surface area contributed by atoms with E-state index in [1.165, 1.54) is 28.5 Å².